The van der Waals surface area contributed by atoms with Gasteiger partial charge < -0.3 is 5.11 Å². The fraction of sp³-hybridized carbons (Fsp3) is 0.900. The number of rotatable bonds is 5. The van der Waals surface area contributed by atoms with Gasteiger partial charge in [0.2, 0.25) is 0 Å². The topological polar surface area (TPSA) is 66.8 Å². The van der Waals surface area contributed by atoms with Crippen molar-refractivity contribution in [2.45, 2.75) is 38.5 Å². The van der Waals surface area contributed by atoms with E-state index in [1.807, 2.05) is 0 Å². The average Bonchev–Trinajstić information content (AvgIpc) is 2.16. The zero-order valence-electron chi connectivity index (χ0n) is 8.32. The van der Waals surface area contributed by atoms with Gasteiger partial charge in [0, 0.05) is 6.42 Å². The molecule has 4 nitrogen and oxygen atoms in total. The van der Waals surface area contributed by atoms with Crippen LogP contribution in [0.5, 0.6) is 0 Å². The van der Waals surface area contributed by atoms with Crippen molar-refractivity contribution in [2.75, 3.05) is 6.61 Å². The molecule has 0 saturated heterocycles. The number of carbonyl (C=O) groups is 1. The van der Waals surface area contributed by atoms with Crippen LogP contribution < -0.4 is 0 Å². The van der Waals surface area contributed by atoms with Crippen LogP contribution in [0.1, 0.15) is 38.5 Å². The number of carboxylic acid groups (broad SMARTS) is 1. The molecule has 0 aromatic heterocycles. The van der Waals surface area contributed by atoms with E-state index in [0.717, 1.165) is 25.7 Å². The minimum atomic E-state index is -0.716. The summed E-state index contributed by atoms with van der Waals surface area (Å²) in [4.78, 5) is 14.7. The van der Waals surface area contributed by atoms with Gasteiger partial charge in [-0.05, 0) is 24.7 Å². The molecule has 2 N–H and O–H groups in total. The van der Waals surface area contributed by atoms with Crippen molar-refractivity contribution in [1.82, 2.24) is 0 Å². The van der Waals surface area contributed by atoms with E-state index in [2.05, 4.69) is 4.89 Å². The fourth-order valence-corrected chi connectivity index (χ4v) is 2.36. The van der Waals surface area contributed by atoms with E-state index >= 15 is 0 Å². The van der Waals surface area contributed by atoms with Crippen LogP contribution >= 0.6 is 0 Å². The molecule has 2 unspecified atom stereocenters. The van der Waals surface area contributed by atoms with E-state index in [-0.39, 0.29) is 12.3 Å². The predicted octanol–water partition coefficient (Wildman–Crippen LogP) is 2.15. The Morgan fingerprint density at radius 1 is 1.29 bits per heavy atom. The standard InChI is InChI=1S/C10H18O4/c11-10(12)7-9-4-2-1-3-8(9)5-6-14-13/h8-9,13H,1-7H2,(H,11,12). The van der Waals surface area contributed by atoms with Gasteiger partial charge in [-0.2, -0.15) is 0 Å². The highest BCUT2D eigenvalue weighted by Crippen LogP contribution is 2.34. The Balaban J connectivity index is 2.37. The van der Waals surface area contributed by atoms with Crippen LogP contribution in [0.4, 0.5) is 0 Å². The molecule has 0 heterocycles. The maximum absolute atomic E-state index is 10.6. The van der Waals surface area contributed by atoms with E-state index in [0.29, 0.717) is 12.5 Å². The Morgan fingerprint density at radius 2 is 1.93 bits per heavy atom. The molecule has 0 amide bonds. The van der Waals surface area contributed by atoms with Crippen LogP contribution in [0.25, 0.3) is 0 Å². The molecule has 14 heavy (non-hydrogen) atoms. The minimum absolute atomic E-state index is 0.260. The molecular weight excluding hydrogens is 184 g/mol. The van der Waals surface area contributed by atoms with Crippen molar-refractivity contribution in [1.29, 1.82) is 0 Å². The Kier molecular flexibility index (Phi) is 4.90. The van der Waals surface area contributed by atoms with Crippen molar-refractivity contribution >= 4 is 5.97 Å². The first-order valence-electron chi connectivity index (χ1n) is 5.22. The maximum atomic E-state index is 10.6. The third-order valence-electron chi connectivity index (χ3n) is 3.08. The second-order valence-electron chi connectivity index (χ2n) is 4.02. The summed E-state index contributed by atoms with van der Waals surface area (Å²) in [6.07, 6.45) is 5.41. The van der Waals surface area contributed by atoms with E-state index in [4.69, 9.17) is 10.4 Å². The number of aliphatic carboxylic acids is 1. The first-order chi connectivity index (χ1) is 6.74. The second-order valence-corrected chi connectivity index (χ2v) is 4.02. The summed E-state index contributed by atoms with van der Waals surface area (Å²) >= 11 is 0. The second kappa shape index (κ2) is 5.98. The third kappa shape index (κ3) is 3.64. The lowest BCUT2D eigenvalue weighted by atomic mass is 9.76. The molecule has 82 valence electrons. The lowest BCUT2D eigenvalue weighted by molar-refractivity contribution is -0.245. The minimum Gasteiger partial charge on any atom is -0.481 e. The highest BCUT2D eigenvalue weighted by atomic mass is 17.1. The smallest absolute Gasteiger partial charge is 0.303 e. The van der Waals surface area contributed by atoms with E-state index < -0.39 is 5.97 Å². The summed E-state index contributed by atoms with van der Waals surface area (Å²) in [5.74, 6) is -0.0322. The van der Waals surface area contributed by atoms with Crippen LogP contribution in [-0.4, -0.2) is 22.9 Å². The van der Waals surface area contributed by atoms with Crippen LogP contribution in [0, 0.1) is 11.8 Å². The summed E-state index contributed by atoms with van der Waals surface area (Å²) < 4.78 is 0. The van der Waals surface area contributed by atoms with Gasteiger partial charge in [-0.25, -0.2) is 4.89 Å². The first kappa shape index (κ1) is 11.5. The van der Waals surface area contributed by atoms with E-state index in [1.165, 1.54) is 6.42 Å². The summed E-state index contributed by atoms with van der Waals surface area (Å²) in [6, 6.07) is 0. The fourth-order valence-electron chi connectivity index (χ4n) is 2.36. The monoisotopic (exact) mass is 202 g/mol. The van der Waals surface area contributed by atoms with Crippen molar-refractivity contribution in [3.8, 4) is 0 Å². The molecule has 0 radical (unpaired) electrons. The quantitative estimate of drug-likeness (QED) is 0.529. The highest BCUT2D eigenvalue weighted by Gasteiger charge is 2.26. The van der Waals surface area contributed by atoms with Gasteiger partial charge in [0.15, 0.2) is 0 Å². The molecule has 1 fully saturated rings. The molecule has 0 aliphatic heterocycles. The predicted molar refractivity (Wildman–Crippen MR) is 50.9 cm³/mol. The molecule has 1 saturated carbocycles. The number of hydrogen-bond acceptors (Lipinski definition) is 3. The van der Waals surface area contributed by atoms with E-state index in [1.54, 1.807) is 0 Å². The van der Waals surface area contributed by atoms with Crippen LogP contribution in [0.15, 0.2) is 0 Å². The average molecular weight is 202 g/mol. The highest BCUT2D eigenvalue weighted by molar-refractivity contribution is 5.67. The summed E-state index contributed by atoms with van der Waals surface area (Å²) in [5, 5.41) is 17.0. The van der Waals surface area contributed by atoms with Crippen LogP contribution in [0.3, 0.4) is 0 Å². The van der Waals surface area contributed by atoms with Gasteiger partial charge in [0.1, 0.15) is 0 Å². The lowest BCUT2D eigenvalue weighted by Crippen LogP contribution is -2.23. The molecule has 4 heteroatoms. The van der Waals surface area contributed by atoms with Crippen molar-refractivity contribution in [3.05, 3.63) is 0 Å². The zero-order valence-corrected chi connectivity index (χ0v) is 8.32. The van der Waals surface area contributed by atoms with Crippen molar-refractivity contribution in [2.24, 2.45) is 11.8 Å². The lowest BCUT2D eigenvalue weighted by Gasteiger charge is -2.30. The molecule has 0 aromatic carbocycles. The SMILES string of the molecule is O=C(O)CC1CCCCC1CCOO. The maximum Gasteiger partial charge on any atom is 0.303 e. The van der Waals surface area contributed by atoms with Gasteiger partial charge >= 0.3 is 5.97 Å². The summed E-state index contributed by atoms with van der Waals surface area (Å²) in [6.45, 7) is 0.320. The van der Waals surface area contributed by atoms with Crippen molar-refractivity contribution in [3.63, 3.8) is 0 Å². The molecule has 1 aliphatic carbocycles. The first-order valence-corrected chi connectivity index (χ1v) is 5.22. The molecular formula is C10H18O4. The molecule has 1 aliphatic rings. The Labute approximate surface area is 83.8 Å². The molecule has 1 rings (SSSR count). The number of carboxylic acids is 1. The van der Waals surface area contributed by atoms with Crippen LogP contribution in [0.2, 0.25) is 0 Å². The molecule has 0 spiro atoms. The molecule has 0 bridgehead atoms. The Bertz CT molecular complexity index is 181. The Morgan fingerprint density at radius 3 is 2.50 bits per heavy atom. The normalized spacial score (nSPS) is 27.5. The molecule has 0 aromatic rings. The van der Waals surface area contributed by atoms with Gasteiger partial charge in [-0.1, -0.05) is 19.3 Å². The van der Waals surface area contributed by atoms with Crippen molar-refractivity contribution < 1.29 is 20.0 Å². The molecule has 2 atom stereocenters. The van der Waals surface area contributed by atoms with Crippen LogP contribution in [-0.2, 0) is 9.68 Å². The summed E-state index contributed by atoms with van der Waals surface area (Å²) in [7, 11) is 0. The largest absolute Gasteiger partial charge is 0.481 e. The Hall–Kier alpha value is -0.610. The van der Waals surface area contributed by atoms with E-state index in [9.17, 15) is 4.79 Å². The third-order valence-corrected chi connectivity index (χ3v) is 3.08. The van der Waals surface area contributed by atoms with Gasteiger partial charge in [0.25, 0.3) is 0 Å². The van der Waals surface area contributed by atoms with Gasteiger partial charge in [-0.15, -0.1) is 0 Å². The van der Waals surface area contributed by atoms with Gasteiger partial charge in [-0.3, -0.25) is 10.1 Å². The van der Waals surface area contributed by atoms with Gasteiger partial charge in [0.05, 0.1) is 6.61 Å². The zero-order chi connectivity index (χ0) is 10.4. The summed E-state index contributed by atoms with van der Waals surface area (Å²) in [5.41, 5.74) is 0. The number of hydrogen-bond donors (Lipinski definition) is 2.